The molecule has 5 aromatic carbocycles. The van der Waals surface area contributed by atoms with E-state index < -0.39 is 5.54 Å². The summed E-state index contributed by atoms with van der Waals surface area (Å²) in [6.45, 7) is 0. The summed E-state index contributed by atoms with van der Waals surface area (Å²) in [5.41, 5.74) is 4.87. The van der Waals surface area contributed by atoms with Crippen molar-refractivity contribution in [1.29, 1.82) is 0 Å². The zero-order chi connectivity index (χ0) is 26.3. The Kier molecular flexibility index (Phi) is 4.31. The molecule has 5 heteroatoms. The zero-order valence-electron chi connectivity index (χ0n) is 21.1. The summed E-state index contributed by atoms with van der Waals surface area (Å²) in [4.78, 5) is 27.2. The maximum atomic E-state index is 13.2. The monoisotopic (exact) mass is 506 g/mol. The van der Waals surface area contributed by atoms with E-state index in [9.17, 15) is 9.59 Å². The molecule has 0 spiro atoms. The van der Waals surface area contributed by atoms with Gasteiger partial charge in [0, 0.05) is 28.9 Å². The quantitative estimate of drug-likeness (QED) is 0.238. The number of hydrogen-bond acceptors (Lipinski definition) is 3. The Morgan fingerprint density at radius 2 is 1.10 bits per heavy atom. The number of carbonyl (C=O) groups is 2. The lowest BCUT2D eigenvalue weighted by Gasteiger charge is -2.43. The molecule has 0 saturated carbocycles. The molecule has 2 aliphatic rings. The fraction of sp³-hybridized carbons (Fsp3) is 0.0588. The summed E-state index contributed by atoms with van der Waals surface area (Å²) in [6.07, 6.45) is 0. The number of ether oxygens (including phenoxy) is 1. The lowest BCUT2D eigenvalue weighted by Crippen LogP contribution is -2.40. The van der Waals surface area contributed by atoms with Gasteiger partial charge in [0.25, 0.3) is 11.8 Å². The second kappa shape index (κ2) is 7.68. The number of carbonyl (C=O) groups excluding carboxylic acids is 2. The zero-order valence-corrected chi connectivity index (χ0v) is 21.1. The Bertz CT molecular complexity index is 1920. The van der Waals surface area contributed by atoms with Crippen LogP contribution >= 0.6 is 0 Å². The largest absolute Gasteiger partial charge is 0.457 e. The number of nitrogens with zero attached hydrogens (tertiary/aromatic N) is 2. The molecule has 2 aliphatic heterocycles. The van der Waals surface area contributed by atoms with Gasteiger partial charge in [0.2, 0.25) is 0 Å². The van der Waals surface area contributed by atoms with E-state index in [0.29, 0.717) is 11.1 Å². The van der Waals surface area contributed by atoms with E-state index >= 15 is 0 Å². The highest BCUT2D eigenvalue weighted by atomic mass is 16.5. The number of imide groups is 1. The molecule has 186 valence electrons. The van der Waals surface area contributed by atoms with Crippen LogP contribution in [0, 0.1) is 0 Å². The Labute approximate surface area is 224 Å². The van der Waals surface area contributed by atoms with Gasteiger partial charge in [-0.05, 0) is 42.0 Å². The number of rotatable bonds is 2. The average molecular weight is 507 g/mol. The first-order chi connectivity index (χ1) is 19.1. The first-order valence-corrected chi connectivity index (χ1v) is 12.9. The molecule has 1 aromatic heterocycles. The van der Waals surface area contributed by atoms with Crippen LogP contribution in [0.3, 0.4) is 0 Å². The van der Waals surface area contributed by atoms with Gasteiger partial charge in [-0.1, -0.05) is 78.9 Å². The van der Waals surface area contributed by atoms with Gasteiger partial charge >= 0.3 is 0 Å². The second-order valence-electron chi connectivity index (χ2n) is 10.1. The summed E-state index contributed by atoms with van der Waals surface area (Å²) in [5.74, 6) is 0.930. The summed E-state index contributed by atoms with van der Waals surface area (Å²) in [7, 11) is 1.53. The molecule has 5 nitrogen and oxygen atoms in total. The van der Waals surface area contributed by atoms with Gasteiger partial charge in [0.15, 0.2) is 0 Å². The summed E-state index contributed by atoms with van der Waals surface area (Å²) in [5, 5.41) is 2.28. The van der Waals surface area contributed by atoms with Crippen LogP contribution in [0.15, 0.2) is 115 Å². The number of benzene rings is 5. The second-order valence-corrected chi connectivity index (χ2v) is 10.1. The lowest BCUT2D eigenvalue weighted by molar-refractivity contribution is 0.0693. The smallest absolute Gasteiger partial charge is 0.261 e. The van der Waals surface area contributed by atoms with E-state index in [1.165, 1.54) is 11.9 Å². The maximum Gasteiger partial charge on any atom is 0.261 e. The van der Waals surface area contributed by atoms with Gasteiger partial charge in [0.05, 0.1) is 22.2 Å². The third kappa shape index (κ3) is 2.69. The molecule has 0 radical (unpaired) electrons. The van der Waals surface area contributed by atoms with Crippen molar-refractivity contribution in [2.24, 2.45) is 0 Å². The molecule has 0 N–H and O–H groups in total. The number of amides is 2. The van der Waals surface area contributed by atoms with E-state index in [1.807, 2.05) is 48.5 Å². The van der Waals surface area contributed by atoms with Gasteiger partial charge in [-0.25, -0.2) is 0 Å². The van der Waals surface area contributed by atoms with Crippen LogP contribution in [0.4, 0.5) is 0 Å². The van der Waals surface area contributed by atoms with Crippen molar-refractivity contribution >= 4 is 33.6 Å². The molecule has 0 bridgehead atoms. The topological polar surface area (TPSA) is 51.5 Å². The molecule has 2 amide bonds. The summed E-state index contributed by atoms with van der Waals surface area (Å²) >= 11 is 0. The van der Waals surface area contributed by atoms with Crippen LogP contribution in [0.1, 0.15) is 37.4 Å². The SMILES string of the molecule is CN1C(=O)c2ccc(C3(n4c5ccccc5c5ccccc54)c4ccccc4Oc4ccccc43)cc2C1=O. The minimum absolute atomic E-state index is 0.278. The Balaban J connectivity index is 1.62. The van der Waals surface area contributed by atoms with Crippen molar-refractivity contribution in [3.05, 3.63) is 143 Å². The molecule has 0 fully saturated rings. The molecule has 8 rings (SSSR count). The predicted molar refractivity (Wildman–Crippen MR) is 151 cm³/mol. The van der Waals surface area contributed by atoms with Crippen molar-refractivity contribution in [3.8, 4) is 11.5 Å². The van der Waals surface area contributed by atoms with E-state index in [0.717, 1.165) is 50.0 Å². The van der Waals surface area contributed by atoms with Crippen molar-refractivity contribution in [3.63, 3.8) is 0 Å². The number of hydrogen-bond donors (Lipinski definition) is 0. The van der Waals surface area contributed by atoms with Crippen LogP contribution in [0.2, 0.25) is 0 Å². The van der Waals surface area contributed by atoms with Crippen LogP contribution < -0.4 is 4.74 Å². The van der Waals surface area contributed by atoms with Gasteiger partial charge < -0.3 is 9.30 Å². The van der Waals surface area contributed by atoms with E-state index in [-0.39, 0.29) is 11.8 Å². The molecule has 0 saturated heterocycles. The normalized spacial score (nSPS) is 15.3. The van der Waals surface area contributed by atoms with Gasteiger partial charge in [-0.3, -0.25) is 14.5 Å². The lowest BCUT2D eigenvalue weighted by atomic mass is 9.73. The standard InChI is InChI=1S/C34H22N2O3/c1-35-32(37)24-19-18-21(20-25(24)33(35)38)34(26-12-4-8-16-30(26)39-31-17-9-5-13-27(31)34)36-28-14-6-2-10-22(28)23-11-3-7-15-29(23)36/h2-20H,1H3. The predicted octanol–water partition coefficient (Wildman–Crippen LogP) is 6.97. The Morgan fingerprint density at radius 1 is 0.590 bits per heavy atom. The molecule has 39 heavy (non-hydrogen) atoms. The number of fused-ring (bicyclic) bond motifs is 6. The molecule has 3 heterocycles. The van der Waals surface area contributed by atoms with E-state index in [2.05, 4.69) is 65.2 Å². The van der Waals surface area contributed by atoms with Crippen molar-refractivity contribution in [2.75, 3.05) is 7.05 Å². The van der Waals surface area contributed by atoms with Crippen molar-refractivity contribution in [2.45, 2.75) is 5.54 Å². The molecular formula is C34H22N2O3. The highest BCUT2D eigenvalue weighted by Gasteiger charge is 2.48. The third-order valence-electron chi connectivity index (χ3n) is 8.20. The highest BCUT2D eigenvalue weighted by Crippen LogP contribution is 2.55. The number of para-hydroxylation sites is 4. The molecule has 0 atom stereocenters. The van der Waals surface area contributed by atoms with Gasteiger partial charge in [-0.2, -0.15) is 0 Å². The van der Waals surface area contributed by atoms with Crippen LogP contribution in [0.25, 0.3) is 21.8 Å². The minimum atomic E-state index is -0.895. The van der Waals surface area contributed by atoms with Crippen LogP contribution in [-0.2, 0) is 5.54 Å². The van der Waals surface area contributed by atoms with Gasteiger partial charge in [-0.15, -0.1) is 0 Å². The number of aromatic nitrogens is 1. The van der Waals surface area contributed by atoms with Gasteiger partial charge in [0.1, 0.15) is 17.0 Å². The highest BCUT2D eigenvalue weighted by molar-refractivity contribution is 6.21. The van der Waals surface area contributed by atoms with Crippen LogP contribution in [-0.4, -0.2) is 28.3 Å². The molecule has 0 unspecified atom stereocenters. The molecule has 6 aromatic rings. The van der Waals surface area contributed by atoms with Crippen molar-refractivity contribution < 1.29 is 14.3 Å². The van der Waals surface area contributed by atoms with Crippen molar-refractivity contribution in [1.82, 2.24) is 9.47 Å². The third-order valence-corrected chi connectivity index (χ3v) is 8.20. The summed E-state index contributed by atoms with van der Waals surface area (Å²) in [6, 6.07) is 38.7. The first-order valence-electron chi connectivity index (χ1n) is 12.9. The van der Waals surface area contributed by atoms with E-state index in [1.54, 1.807) is 6.07 Å². The fourth-order valence-corrected chi connectivity index (χ4v) is 6.52. The van der Waals surface area contributed by atoms with Crippen LogP contribution in [0.5, 0.6) is 11.5 Å². The summed E-state index contributed by atoms with van der Waals surface area (Å²) < 4.78 is 8.86. The Morgan fingerprint density at radius 3 is 1.72 bits per heavy atom. The first kappa shape index (κ1) is 21.9. The van der Waals surface area contributed by atoms with E-state index in [4.69, 9.17) is 4.74 Å². The molecule has 0 aliphatic carbocycles. The average Bonchev–Trinajstić information content (AvgIpc) is 3.43. The molecular weight excluding hydrogens is 484 g/mol. The maximum absolute atomic E-state index is 13.2. The minimum Gasteiger partial charge on any atom is -0.457 e. The fourth-order valence-electron chi connectivity index (χ4n) is 6.52. The Hall–Kier alpha value is -5.16.